The van der Waals surface area contributed by atoms with Crippen LogP contribution in [0.1, 0.15) is 11.1 Å². The van der Waals surface area contributed by atoms with Crippen molar-refractivity contribution in [3.05, 3.63) is 99.0 Å². The number of hydrogen-bond donors (Lipinski definition) is 1. The minimum absolute atomic E-state index is 0.233. The van der Waals surface area contributed by atoms with Crippen LogP contribution in [0.3, 0.4) is 0 Å². The Kier molecular flexibility index (Phi) is 8.56. The standard InChI is InChI=1S/C24H18Cl3NO4/c25-17-3-1-4-18(13-17)28-23(29)15-32-24(30)12-9-16-7-10-19(11-8-16)31-14-20-21(26)5-2-6-22(20)27/h1-13H,14-15H2,(H,28,29)/b12-9+. The quantitative estimate of drug-likeness (QED) is 0.292. The number of amides is 1. The summed E-state index contributed by atoms with van der Waals surface area (Å²) in [5, 5.41) is 4.16. The van der Waals surface area contributed by atoms with Gasteiger partial charge in [0.2, 0.25) is 0 Å². The molecule has 164 valence electrons. The highest BCUT2D eigenvalue weighted by Crippen LogP contribution is 2.26. The van der Waals surface area contributed by atoms with E-state index in [1.54, 1.807) is 72.8 Å². The summed E-state index contributed by atoms with van der Waals surface area (Å²) in [6.45, 7) is -0.176. The van der Waals surface area contributed by atoms with Crippen LogP contribution in [-0.2, 0) is 20.9 Å². The van der Waals surface area contributed by atoms with E-state index in [1.165, 1.54) is 6.08 Å². The van der Waals surface area contributed by atoms with Crippen molar-refractivity contribution in [3.8, 4) is 5.75 Å². The summed E-state index contributed by atoms with van der Waals surface area (Å²) in [6.07, 6.45) is 2.82. The van der Waals surface area contributed by atoms with E-state index in [4.69, 9.17) is 44.3 Å². The zero-order valence-corrected chi connectivity index (χ0v) is 19.0. The first-order valence-corrected chi connectivity index (χ1v) is 10.6. The molecule has 0 heterocycles. The van der Waals surface area contributed by atoms with E-state index in [9.17, 15) is 9.59 Å². The van der Waals surface area contributed by atoms with Crippen LogP contribution < -0.4 is 10.1 Å². The molecule has 0 aliphatic carbocycles. The number of carbonyl (C=O) groups is 2. The van der Waals surface area contributed by atoms with Gasteiger partial charge in [0.1, 0.15) is 12.4 Å². The van der Waals surface area contributed by atoms with Crippen molar-refractivity contribution in [2.75, 3.05) is 11.9 Å². The zero-order chi connectivity index (χ0) is 22.9. The lowest BCUT2D eigenvalue weighted by Gasteiger charge is -2.09. The van der Waals surface area contributed by atoms with Crippen LogP contribution in [-0.4, -0.2) is 18.5 Å². The number of hydrogen-bond acceptors (Lipinski definition) is 4. The van der Waals surface area contributed by atoms with Gasteiger partial charge in [0.05, 0.1) is 0 Å². The molecule has 0 radical (unpaired) electrons. The minimum atomic E-state index is -0.639. The summed E-state index contributed by atoms with van der Waals surface area (Å²) in [7, 11) is 0. The second-order valence-corrected chi connectivity index (χ2v) is 7.81. The molecular weight excluding hydrogens is 473 g/mol. The molecular formula is C24H18Cl3NO4. The third kappa shape index (κ3) is 7.31. The van der Waals surface area contributed by atoms with Crippen molar-refractivity contribution in [2.24, 2.45) is 0 Å². The molecule has 0 aliphatic rings. The number of carbonyl (C=O) groups excluding carboxylic acids is 2. The zero-order valence-electron chi connectivity index (χ0n) is 16.7. The maximum Gasteiger partial charge on any atom is 0.331 e. The van der Waals surface area contributed by atoms with Gasteiger partial charge in [0.25, 0.3) is 5.91 Å². The van der Waals surface area contributed by atoms with E-state index < -0.39 is 18.5 Å². The second kappa shape index (κ2) is 11.6. The SMILES string of the molecule is O=C(COC(=O)/C=C/c1ccc(OCc2c(Cl)cccc2Cl)cc1)Nc1cccc(Cl)c1. The first-order valence-electron chi connectivity index (χ1n) is 9.47. The molecule has 0 saturated heterocycles. The fourth-order valence-corrected chi connectivity index (χ4v) is 3.31. The largest absolute Gasteiger partial charge is 0.489 e. The Hall–Kier alpha value is -2.99. The molecule has 0 atom stereocenters. The van der Waals surface area contributed by atoms with Crippen LogP contribution in [0.15, 0.2) is 72.8 Å². The molecule has 3 aromatic rings. The summed E-state index contributed by atoms with van der Waals surface area (Å²) in [5.41, 5.74) is 1.99. The molecule has 0 unspecified atom stereocenters. The highest BCUT2D eigenvalue weighted by Gasteiger charge is 2.07. The lowest BCUT2D eigenvalue weighted by molar-refractivity contribution is -0.142. The monoisotopic (exact) mass is 489 g/mol. The Balaban J connectivity index is 1.45. The Labute approximate surface area is 200 Å². The predicted octanol–water partition coefficient (Wildman–Crippen LogP) is 6.42. The van der Waals surface area contributed by atoms with Crippen LogP contribution in [0.2, 0.25) is 15.1 Å². The van der Waals surface area contributed by atoms with Crippen LogP contribution in [0.25, 0.3) is 6.08 Å². The molecule has 0 spiro atoms. The fraction of sp³-hybridized carbons (Fsp3) is 0.0833. The Morgan fingerprint density at radius 1 is 0.906 bits per heavy atom. The number of benzene rings is 3. The van der Waals surface area contributed by atoms with E-state index >= 15 is 0 Å². The van der Waals surface area contributed by atoms with Crippen LogP contribution in [0, 0.1) is 0 Å². The van der Waals surface area contributed by atoms with E-state index in [0.717, 1.165) is 5.56 Å². The molecule has 8 heteroatoms. The molecule has 32 heavy (non-hydrogen) atoms. The van der Waals surface area contributed by atoms with Crippen molar-refractivity contribution < 1.29 is 19.1 Å². The van der Waals surface area contributed by atoms with Crippen molar-refractivity contribution in [3.63, 3.8) is 0 Å². The summed E-state index contributed by atoms with van der Waals surface area (Å²) in [4.78, 5) is 23.7. The van der Waals surface area contributed by atoms with Gasteiger partial charge in [-0.15, -0.1) is 0 Å². The van der Waals surface area contributed by atoms with Crippen molar-refractivity contribution in [2.45, 2.75) is 6.61 Å². The van der Waals surface area contributed by atoms with Gasteiger partial charge in [0, 0.05) is 32.4 Å². The van der Waals surface area contributed by atoms with Gasteiger partial charge in [-0.25, -0.2) is 4.79 Å². The van der Waals surface area contributed by atoms with Crippen LogP contribution >= 0.6 is 34.8 Å². The van der Waals surface area contributed by atoms with E-state index in [0.29, 0.717) is 32.1 Å². The van der Waals surface area contributed by atoms with Crippen molar-refractivity contribution in [1.29, 1.82) is 0 Å². The third-order valence-electron chi connectivity index (χ3n) is 4.19. The molecule has 3 aromatic carbocycles. The number of ether oxygens (including phenoxy) is 2. The number of rotatable bonds is 8. The molecule has 1 N–H and O–H groups in total. The van der Waals surface area contributed by atoms with Gasteiger partial charge in [-0.05, 0) is 54.1 Å². The molecule has 5 nitrogen and oxygen atoms in total. The molecule has 0 fully saturated rings. The summed E-state index contributed by atoms with van der Waals surface area (Å²) < 4.78 is 10.7. The minimum Gasteiger partial charge on any atom is -0.489 e. The van der Waals surface area contributed by atoms with Gasteiger partial charge < -0.3 is 14.8 Å². The van der Waals surface area contributed by atoms with Crippen LogP contribution in [0.5, 0.6) is 5.75 Å². The lowest BCUT2D eigenvalue weighted by atomic mass is 10.2. The normalized spacial score (nSPS) is 10.7. The average molecular weight is 491 g/mol. The van der Waals surface area contributed by atoms with Gasteiger partial charge in [-0.3, -0.25) is 4.79 Å². The molecule has 3 rings (SSSR count). The highest BCUT2D eigenvalue weighted by molar-refractivity contribution is 6.36. The number of nitrogens with one attached hydrogen (secondary N) is 1. The van der Waals surface area contributed by atoms with Gasteiger partial charge in [0.15, 0.2) is 6.61 Å². The van der Waals surface area contributed by atoms with E-state index in [1.807, 2.05) is 0 Å². The van der Waals surface area contributed by atoms with Gasteiger partial charge in [-0.1, -0.05) is 59.1 Å². The summed E-state index contributed by atoms with van der Waals surface area (Å²) in [5.74, 6) is -0.479. The number of halogens is 3. The molecule has 0 saturated carbocycles. The molecule has 0 bridgehead atoms. The Bertz CT molecular complexity index is 1110. The fourth-order valence-electron chi connectivity index (χ4n) is 2.61. The maximum atomic E-state index is 11.9. The number of anilines is 1. The summed E-state index contributed by atoms with van der Waals surface area (Å²) in [6, 6.07) is 19.0. The molecule has 0 aliphatic heterocycles. The van der Waals surface area contributed by atoms with E-state index in [-0.39, 0.29) is 6.61 Å². The second-order valence-electron chi connectivity index (χ2n) is 6.56. The van der Waals surface area contributed by atoms with Gasteiger partial charge in [-0.2, -0.15) is 0 Å². The van der Waals surface area contributed by atoms with Crippen molar-refractivity contribution >= 4 is 58.4 Å². The smallest absolute Gasteiger partial charge is 0.331 e. The lowest BCUT2D eigenvalue weighted by Crippen LogP contribution is -2.20. The topological polar surface area (TPSA) is 64.6 Å². The predicted molar refractivity (Wildman–Crippen MR) is 127 cm³/mol. The average Bonchev–Trinajstić information content (AvgIpc) is 2.77. The Morgan fingerprint density at radius 3 is 2.28 bits per heavy atom. The van der Waals surface area contributed by atoms with Gasteiger partial charge >= 0.3 is 5.97 Å². The van der Waals surface area contributed by atoms with E-state index in [2.05, 4.69) is 5.32 Å². The maximum absolute atomic E-state index is 11.9. The van der Waals surface area contributed by atoms with Crippen molar-refractivity contribution in [1.82, 2.24) is 0 Å². The Morgan fingerprint density at radius 2 is 1.59 bits per heavy atom. The third-order valence-corrected chi connectivity index (χ3v) is 5.13. The summed E-state index contributed by atoms with van der Waals surface area (Å²) >= 11 is 18.1. The van der Waals surface area contributed by atoms with Crippen LogP contribution in [0.4, 0.5) is 5.69 Å². The molecule has 0 aromatic heterocycles. The highest BCUT2D eigenvalue weighted by atomic mass is 35.5. The molecule has 1 amide bonds. The first-order chi connectivity index (χ1) is 15.4. The first kappa shape index (κ1) is 23.7. The number of esters is 1.